The summed E-state index contributed by atoms with van der Waals surface area (Å²) in [4.78, 5) is 0. The third-order valence-electron chi connectivity index (χ3n) is 10.8. The van der Waals surface area contributed by atoms with E-state index in [0.717, 1.165) is 22.5 Å². The molecule has 0 aliphatic rings. The Kier molecular flexibility index (Phi) is 8.24. The average molecular weight is 700 g/mol. The Balaban J connectivity index is 1.18. The molecule has 0 amide bonds. The molecule has 1 N–H and O–H groups in total. The van der Waals surface area contributed by atoms with Gasteiger partial charge in [0.1, 0.15) is 0 Å². The maximum absolute atomic E-state index is 3.65. The molecule has 0 saturated carbocycles. The van der Waals surface area contributed by atoms with Gasteiger partial charge in [0, 0.05) is 16.9 Å². The zero-order valence-electron chi connectivity index (χ0n) is 30.3. The Bertz CT molecular complexity index is 2980. The van der Waals surface area contributed by atoms with E-state index in [1.807, 2.05) is 6.07 Å². The number of hydrogen-bond donors (Lipinski definition) is 1. The van der Waals surface area contributed by atoms with E-state index < -0.39 is 0 Å². The highest BCUT2D eigenvalue weighted by Gasteiger charge is 2.16. The van der Waals surface area contributed by atoms with Crippen LogP contribution >= 0.6 is 0 Å². The molecule has 10 aromatic rings. The molecule has 0 heterocycles. The Morgan fingerprint density at radius 1 is 0.255 bits per heavy atom. The van der Waals surface area contributed by atoms with Gasteiger partial charge >= 0.3 is 0 Å². The molecule has 1 nitrogen and oxygen atoms in total. The number of hydrogen-bond acceptors (Lipinski definition) is 1. The lowest BCUT2D eigenvalue weighted by Gasteiger charge is -2.17. The molecule has 0 bridgehead atoms. The van der Waals surface area contributed by atoms with Crippen molar-refractivity contribution in [3.63, 3.8) is 0 Å². The molecule has 0 atom stereocenters. The number of rotatable bonds is 7. The zero-order valence-corrected chi connectivity index (χ0v) is 30.3. The third-order valence-corrected chi connectivity index (χ3v) is 10.8. The molecular formula is C54H37N. The van der Waals surface area contributed by atoms with E-state index in [-0.39, 0.29) is 0 Å². The predicted molar refractivity (Wildman–Crippen MR) is 236 cm³/mol. The molecule has 0 aliphatic carbocycles. The van der Waals surface area contributed by atoms with E-state index >= 15 is 0 Å². The van der Waals surface area contributed by atoms with Gasteiger partial charge in [-0.1, -0.05) is 170 Å². The van der Waals surface area contributed by atoms with Crippen molar-refractivity contribution < 1.29 is 0 Å². The van der Waals surface area contributed by atoms with Gasteiger partial charge in [-0.15, -0.1) is 0 Å². The zero-order chi connectivity index (χ0) is 36.6. The molecule has 55 heavy (non-hydrogen) atoms. The molecule has 0 fully saturated rings. The van der Waals surface area contributed by atoms with Crippen LogP contribution in [0.3, 0.4) is 0 Å². The Hall–Kier alpha value is -7.22. The minimum absolute atomic E-state index is 1.07. The van der Waals surface area contributed by atoms with E-state index in [1.54, 1.807) is 0 Å². The first-order valence-corrected chi connectivity index (χ1v) is 18.9. The Morgan fingerprint density at radius 3 is 1.60 bits per heavy atom. The van der Waals surface area contributed by atoms with E-state index in [2.05, 4.69) is 218 Å². The fourth-order valence-electron chi connectivity index (χ4n) is 8.11. The Labute approximate surface area is 321 Å². The van der Waals surface area contributed by atoms with E-state index in [0.29, 0.717) is 0 Å². The SMILES string of the molecule is c1ccc(Nc2ccccc2-c2cccc(-c3cc(-c4ccc(-c5ccccc5)cc4)cc(-c4c5ccccc5cc5c4ccc4ccccc45)c3)c2)cc1. The molecule has 10 aromatic carbocycles. The van der Waals surface area contributed by atoms with Crippen LogP contribution in [0.5, 0.6) is 0 Å². The second-order valence-corrected chi connectivity index (χ2v) is 14.2. The van der Waals surface area contributed by atoms with Crippen LogP contribution in [-0.2, 0) is 0 Å². The van der Waals surface area contributed by atoms with E-state index in [4.69, 9.17) is 0 Å². The van der Waals surface area contributed by atoms with Crippen LogP contribution in [0, 0.1) is 0 Å². The van der Waals surface area contributed by atoms with Crippen molar-refractivity contribution in [3.8, 4) is 55.6 Å². The molecule has 0 aliphatic heterocycles. The third kappa shape index (κ3) is 6.22. The summed E-state index contributed by atoms with van der Waals surface area (Å²) < 4.78 is 0. The smallest absolute Gasteiger partial charge is 0.0463 e. The van der Waals surface area contributed by atoms with Gasteiger partial charge in [-0.3, -0.25) is 0 Å². The summed E-state index contributed by atoms with van der Waals surface area (Å²) in [5, 5.41) is 11.2. The summed E-state index contributed by atoms with van der Waals surface area (Å²) in [5.74, 6) is 0. The standard InChI is InChI=1S/C54H37N/c1-3-14-37(15-4-1)38-26-28-39(29-27-38)44-33-45(41-18-13-19-42(32-41)49-23-11-12-25-53(49)55-47-20-5-2-6-21-47)35-46(34-44)54-50-24-10-8-17-43(50)36-52-48-22-9-7-16-40(48)30-31-51(52)54/h1-36,55H. The highest BCUT2D eigenvalue weighted by Crippen LogP contribution is 2.43. The first-order chi connectivity index (χ1) is 27.2. The van der Waals surface area contributed by atoms with Crippen molar-refractivity contribution in [2.75, 3.05) is 5.32 Å². The molecule has 0 unspecified atom stereocenters. The summed E-state index contributed by atoms with van der Waals surface area (Å²) >= 11 is 0. The molecule has 0 spiro atoms. The normalized spacial score (nSPS) is 11.3. The van der Waals surface area contributed by atoms with Crippen LogP contribution in [0.25, 0.3) is 88.0 Å². The molecule has 0 aromatic heterocycles. The maximum Gasteiger partial charge on any atom is 0.0463 e. The number of para-hydroxylation sites is 2. The van der Waals surface area contributed by atoms with Crippen molar-refractivity contribution in [2.24, 2.45) is 0 Å². The topological polar surface area (TPSA) is 12.0 Å². The lowest BCUT2D eigenvalue weighted by molar-refractivity contribution is 1.53. The number of benzene rings is 10. The highest BCUT2D eigenvalue weighted by atomic mass is 14.9. The fraction of sp³-hybridized carbons (Fsp3) is 0. The monoisotopic (exact) mass is 699 g/mol. The van der Waals surface area contributed by atoms with Gasteiger partial charge in [0.25, 0.3) is 0 Å². The summed E-state index contributed by atoms with van der Waals surface area (Å²) in [7, 11) is 0. The van der Waals surface area contributed by atoms with Gasteiger partial charge < -0.3 is 5.32 Å². The molecule has 1 heteroatoms. The average Bonchev–Trinajstić information content (AvgIpc) is 3.26. The van der Waals surface area contributed by atoms with Crippen LogP contribution in [-0.4, -0.2) is 0 Å². The maximum atomic E-state index is 3.65. The first-order valence-electron chi connectivity index (χ1n) is 18.9. The van der Waals surface area contributed by atoms with Crippen LogP contribution in [0.4, 0.5) is 11.4 Å². The summed E-state index contributed by atoms with van der Waals surface area (Å²) in [6.45, 7) is 0. The largest absolute Gasteiger partial charge is 0.355 e. The van der Waals surface area contributed by atoms with Gasteiger partial charge in [-0.2, -0.15) is 0 Å². The van der Waals surface area contributed by atoms with Crippen LogP contribution < -0.4 is 5.32 Å². The van der Waals surface area contributed by atoms with Crippen LogP contribution in [0.15, 0.2) is 218 Å². The number of nitrogens with one attached hydrogen (secondary N) is 1. The number of anilines is 2. The second kappa shape index (κ2) is 14.0. The molecule has 0 radical (unpaired) electrons. The lowest BCUT2D eigenvalue weighted by Crippen LogP contribution is -1.93. The van der Waals surface area contributed by atoms with Crippen molar-refractivity contribution in [1.82, 2.24) is 0 Å². The summed E-state index contributed by atoms with van der Waals surface area (Å²) in [6, 6.07) is 79.2. The van der Waals surface area contributed by atoms with E-state index in [9.17, 15) is 0 Å². The molecule has 258 valence electrons. The van der Waals surface area contributed by atoms with Gasteiger partial charge in [0.2, 0.25) is 0 Å². The Morgan fingerprint density at radius 2 is 0.800 bits per heavy atom. The van der Waals surface area contributed by atoms with Crippen molar-refractivity contribution in [1.29, 1.82) is 0 Å². The lowest BCUT2D eigenvalue weighted by atomic mass is 9.86. The van der Waals surface area contributed by atoms with Gasteiger partial charge in [-0.05, 0) is 131 Å². The van der Waals surface area contributed by atoms with E-state index in [1.165, 1.54) is 76.8 Å². The van der Waals surface area contributed by atoms with Crippen LogP contribution in [0.1, 0.15) is 0 Å². The molecular weight excluding hydrogens is 663 g/mol. The second-order valence-electron chi connectivity index (χ2n) is 14.2. The number of fused-ring (bicyclic) bond motifs is 4. The summed E-state index contributed by atoms with van der Waals surface area (Å²) in [5.41, 5.74) is 14.1. The van der Waals surface area contributed by atoms with Crippen LogP contribution in [0.2, 0.25) is 0 Å². The summed E-state index contributed by atoms with van der Waals surface area (Å²) in [6.07, 6.45) is 0. The van der Waals surface area contributed by atoms with Gasteiger partial charge in [0.15, 0.2) is 0 Å². The van der Waals surface area contributed by atoms with Crippen molar-refractivity contribution in [3.05, 3.63) is 218 Å². The fourth-order valence-corrected chi connectivity index (χ4v) is 8.11. The minimum Gasteiger partial charge on any atom is -0.355 e. The van der Waals surface area contributed by atoms with Crippen molar-refractivity contribution in [2.45, 2.75) is 0 Å². The quantitative estimate of drug-likeness (QED) is 0.129. The predicted octanol–water partition coefficient (Wildman–Crippen LogP) is 15.2. The highest BCUT2D eigenvalue weighted by molar-refractivity contribution is 6.20. The van der Waals surface area contributed by atoms with Crippen molar-refractivity contribution >= 4 is 43.7 Å². The van der Waals surface area contributed by atoms with Gasteiger partial charge in [-0.25, -0.2) is 0 Å². The van der Waals surface area contributed by atoms with Gasteiger partial charge in [0.05, 0.1) is 0 Å². The molecule has 10 rings (SSSR count). The minimum atomic E-state index is 1.07. The molecule has 0 saturated heterocycles. The first kappa shape index (κ1) is 32.4.